The predicted octanol–water partition coefficient (Wildman–Crippen LogP) is 3.80. The SMILES string of the molecule is CCOC(=O)C(C)n1c(CCl)nc2cc(F)c(Br)cc21. The lowest BCUT2D eigenvalue weighted by Gasteiger charge is -2.15. The standard InChI is InChI=1S/C13H13BrClFN2O2/c1-3-20-13(19)7(2)18-11-4-8(14)9(16)5-10(11)17-12(18)6-15/h4-5,7H,3,6H2,1-2H3. The highest BCUT2D eigenvalue weighted by molar-refractivity contribution is 9.10. The fourth-order valence-corrected chi connectivity index (χ4v) is 2.55. The molecule has 4 nitrogen and oxygen atoms in total. The van der Waals surface area contributed by atoms with Crippen molar-refractivity contribution in [2.45, 2.75) is 25.8 Å². The molecule has 2 rings (SSSR count). The monoisotopic (exact) mass is 362 g/mol. The number of benzene rings is 1. The Labute approximate surface area is 129 Å². The maximum Gasteiger partial charge on any atom is 0.328 e. The van der Waals surface area contributed by atoms with Crippen molar-refractivity contribution in [3.63, 3.8) is 0 Å². The van der Waals surface area contributed by atoms with E-state index < -0.39 is 11.9 Å². The van der Waals surface area contributed by atoms with Gasteiger partial charge in [-0.3, -0.25) is 0 Å². The Morgan fingerprint density at radius 2 is 2.30 bits per heavy atom. The van der Waals surface area contributed by atoms with Crippen LogP contribution in [0.3, 0.4) is 0 Å². The van der Waals surface area contributed by atoms with Crippen LogP contribution < -0.4 is 0 Å². The average Bonchev–Trinajstić information content (AvgIpc) is 2.76. The van der Waals surface area contributed by atoms with Gasteiger partial charge in [0, 0.05) is 6.07 Å². The fourth-order valence-electron chi connectivity index (χ4n) is 2.03. The number of esters is 1. The van der Waals surface area contributed by atoms with Crippen LogP contribution >= 0.6 is 27.5 Å². The van der Waals surface area contributed by atoms with E-state index in [9.17, 15) is 9.18 Å². The molecule has 1 aromatic heterocycles. The summed E-state index contributed by atoms with van der Waals surface area (Å²) in [6.07, 6.45) is 0. The first-order chi connectivity index (χ1) is 9.49. The number of hydrogen-bond acceptors (Lipinski definition) is 3. The van der Waals surface area contributed by atoms with Gasteiger partial charge < -0.3 is 9.30 Å². The third-order valence-electron chi connectivity index (χ3n) is 2.94. The Morgan fingerprint density at radius 1 is 1.60 bits per heavy atom. The van der Waals surface area contributed by atoms with Crippen LogP contribution in [0.5, 0.6) is 0 Å². The van der Waals surface area contributed by atoms with E-state index in [4.69, 9.17) is 16.3 Å². The van der Waals surface area contributed by atoms with Crippen molar-refractivity contribution in [3.8, 4) is 0 Å². The first kappa shape index (κ1) is 15.3. The largest absolute Gasteiger partial charge is 0.464 e. The molecule has 0 aliphatic carbocycles. The molecule has 0 aliphatic rings. The number of rotatable bonds is 4. The molecule has 0 spiro atoms. The summed E-state index contributed by atoms with van der Waals surface area (Å²) in [6.45, 7) is 3.74. The van der Waals surface area contributed by atoms with Crippen molar-refractivity contribution in [1.29, 1.82) is 0 Å². The van der Waals surface area contributed by atoms with Gasteiger partial charge >= 0.3 is 5.97 Å². The van der Waals surface area contributed by atoms with Gasteiger partial charge in [0.25, 0.3) is 0 Å². The number of halogens is 3. The van der Waals surface area contributed by atoms with Crippen LogP contribution in [-0.4, -0.2) is 22.1 Å². The molecule has 0 radical (unpaired) electrons. The Bertz CT molecular complexity index is 659. The smallest absolute Gasteiger partial charge is 0.328 e. The van der Waals surface area contributed by atoms with E-state index in [2.05, 4.69) is 20.9 Å². The topological polar surface area (TPSA) is 44.1 Å². The number of aromatic nitrogens is 2. The van der Waals surface area contributed by atoms with E-state index in [-0.39, 0.29) is 11.8 Å². The van der Waals surface area contributed by atoms with Gasteiger partial charge in [0.1, 0.15) is 17.7 Å². The minimum atomic E-state index is -0.578. The van der Waals surface area contributed by atoms with Crippen molar-refractivity contribution < 1.29 is 13.9 Å². The molecule has 0 N–H and O–H groups in total. The van der Waals surface area contributed by atoms with Crippen LogP contribution in [0, 0.1) is 5.82 Å². The maximum absolute atomic E-state index is 13.6. The van der Waals surface area contributed by atoms with Gasteiger partial charge in [-0.2, -0.15) is 0 Å². The summed E-state index contributed by atoms with van der Waals surface area (Å²) >= 11 is 9.00. The van der Waals surface area contributed by atoms with Gasteiger partial charge in [0.05, 0.1) is 28.0 Å². The van der Waals surface area contributed by atoms with Crippen molar-refractivity contribution in [3.05, 3.63) is 28.2 Å². The summed E-state index contributed by atoms with van der Waals surface area (Å²) in [4.78, 5) is 16.2. The van der Waals surface area contributed by atoms with Crippen molar-refractivity contribution >= 4 is 44.5 Å². The number of hydrogen-bond donors (Lipinski definition) is 0. The zero-order valence-electron chi connectivity index (χ0n) is 11.0. The zero-order chi connectivity index (χ0) is 14.9. The van der Waals surface area contributed by atoms with Crippen LogP contribution in [0.25, 0.3) is 11.0 Å². The second kappa shape index (κ2) is 6.10. The Balaban J connectivity index is 2.60. The number of fused-ring (bicyclic) bond motifs is 1. The molecular formula is C13H13BrClFN2O2. The summed E-state index contributed by atoms with van der Waals surface area (Å²) in [6, 6.07) is 2.32. The molecule has 1 atom stereocenters. The summed E-state index contributed by atoms with van der Waals surface area (Å²) in [5, 5.41) is 0. The number of imidazole rings is 1. The van der Waals surface area contributed by atoms with Crippen molar-refractivity contribution in [1.82, 2.24) is 9.55 Å². The molecule has 0 aliphatic heterocycles. The molecule has 20 heavy (non-hydrogen) atoms. The minimum absolute atomic E-state index is 0.123. The third kappa shape index (κ3) is 2.67. The lowest BCUT2D eigenvalue weighted by atomic mass is 10.2. The second-order valence-corrected chi connectivity index (χ2v) is 5.34. The molecule has 1 unspecified atom stereocenters. The van der Waals surface area contributed by atoms with E-state index in [0.29, 0.717) is 27.9 Å². The zero-order valence-corrected chi connectivity index (χ0v) is 13.3. The molecule has 0 saturated heterocycles. The molecule has 0 amide bonds. The number of nitrogens with zero attached hydrogens (tertiary/aromatic N) is 2. The number of alkyl halides is 1. The van der Waals surface area contributed by atoms with Crippen LogP contribution in [0.2, 0.25) is 0 Å². The van der Waals surface area contributed by atoms with Gasteiger partial charge in [-0.05, 0) is 35.8 Å². The highest BCUT2D eigenvalue weighted by atomic mass is 79.9. The molecule has 1 heterocycles. The summed E-state index contributed by atoms with van der Waals surface area (Å²) < 4.78 is 20.5. The average molecular weight is 364 g/mol. The van der Waals surface area contributed by atoms with Crippen LogP contribution in [-0.2, 0) is 15.4 Å². The highest BCUT2D eigenvalue weighted by Gasteiger charge is 2.23. The Kier molecular flexibility index (Phi) is 4.65. The normalized spacial score (nSPS) is 12.7. The summed E-state index contributed by atoms with van der Waals surface area (Å²) in [5.74, 6) is -0.164. The summed E-state index contributed by atoms with van der Waals surface area (Å²) in [5.41, 5.74) is 1.09. The molecule has 1 aromatic carbocycles. The molecule has 0 saturated carbocycles. The molecule has 108 valence electrons. The lowest BCUT2D eigenvalue weighted by molar-refractivity contribution is -0.146. The number of ether oxygens (including phenoxy) is 1. The number of carbonyl (C=O) groups is 1. The fraction of sp³-hybridized carbons (Fsp3) is 0.385. The van der Waals surface area contributed by atoms with Gasteiger partial charge in [-0.25, -0.2) is 14.2 Å². The van der Waals surface area contributed by atoms with E-state index in [1.807, 2.05) is 0 Å². The van der Waals surface area contributed by atoms with E-state index in [1.54, 1.807) is 24.5 Å². The Hall–Kier alpha value is -1.14. The molecule has 0 fully saturated rings. The quantitative estimate of drug-likeness (QED) is 0.613. The van der Waals surface area contributed by atoms with Gasteiger partial charge in [0.2, 0.25) is 0 Å². The predicted molar refractivity (Wildman–Crippen MR) is 78.3 cm³/mol. The van der Waals surface area contributed by atoms with Crippen molar-refractivity contribution in [2.24, 2.45) is 0 Å². The third-order valence-corrected chi connectivity index (χ3v) is 3.79. The van der Waals surface area contributed by atoms with Crippen LogP contribution in [0.1, 0.15) is 25.7 Å². The Morgan fingerprint density at radius 3 is 2.90 bits per heavy atom. The lowest BCUT2D eigenvalue weighted by Crippen LogP contribution is -2.20. The molecular weight excluding hydrogens is 351 g/mol. The molecule has 0 bridgehead atoms. The maximum atomic E-state index is 13.6. The van der Waals surface area contributed by atoms with Crippen LogP contribution in [0.15, 0.2) is 16.6 Å². The molecule has 7 heteroatoms. The number of carbonyl (C=O) groups excluding carboxylic acids is 1. The van der Waals surface area contributed by atoms with E-state index in [0.717, 1.165) is 0 Å². The highest BCUT2D eigenvalue weighted by Crippen LogP contribution is 2.28. The van der Waals surface area contributed by atoms with Crippen molar-refractivity contribution in [2.75, 3.05) is 6.61 Å². The van der Waals surface area contributed by atoms with Crippen LogP contribution in [0.4, 0.5) is 4.39 Å². The first-order valence-corrected chi connectivity index (χ1v) is 7.40. The van der Waals surface area contributed by atoms with Gasteiger partial charge in [0.15, 0.2) is 0 Å². The van der Waals surface area contributed by atoms with E-state index in [1.165, 1.54) is 6.07 Å². The van der Waals surface area contributed by atoms with Gasteiger partial charge in [-0.1, -0.05) is 0 Å². The minimum Gasteiger partial charge on any atom is -0.464 e. The first-order valence-electron chi connectivity index (χ1n) is 6.08. The molecule has 2 aromatic rings. The second-order valence-electron chi connectivity index (χ2n) is 4.21. The van der Waals surface area contributed by atoms with Gasteiger partial charge in [-0.15, -0.1) is 11.6 Å². The summed E-state index contributed by atoms with van der Waals surface area (Å²) in [7, 11) is 0. The van der Waals surface area contributed by atoms with E-state index >= 15 is 0 Å².